The third-order valence-corrected chi connectivity index (χ3v) is 8.29. The van der Waals surface area contributed by atoms with E-state index in [2.05, 4.69) is 20.1 Å². The average molecular weight is 561 g/mol. The van der Waals surface area contributed by atoms with Gasteiger partial charge in [0.1, 0.15) is 5.75 Å². The van der Waals surface area contributed by atoms with Gasteiger partial charge >= 0.3 is 5.91 Å². The quantitative estimate of drug-likeness (QED) is 0.125. The lowest BCUT2D eigenvalue weighted by Gasteiger charge is -2.30. The van der Waals surface area contributed by atoms with E-state index >= 15 is 0 Å². The smallest absolute Gasteiger partial charge is 0.316 e. The Morgan fingerprint density at radius 2 is 1.95 bits per heavy atom. The van der Waals surface area contributed by atoms with Crippen molar-refractivity contribution in [1.29, 1.82) is 0 Å². The molecule has 3 rings (SSSR count). The number of nitrogens with one attached hydrogen (secondary N) is 3. The molecule has 0 radical (unpaired) electrons. The van der Waals surface area contributed by atoms with Crippen molar-refractivity contribution in [2.24, 2.45) is 22.6 Å². The van der Waals surface area contributed by atoms with Crippen LogP contribution in [0.1, 0.15) is 72.8 Å². The highest BCUT2D eigenvalue weighted by Crippen LogP contribution is 2.25. The van der Waals surface area contributed by atoms with Crippen LogP contribution < -0.4 is 31.3 Å². The molecule has 0 atom stereocenters. The second-order valence-corrected chi connectivity index (χ2v) is 12.0. The highest BCUT2D eigenvalue weighted by molar-refractivity contribution is 7.89. The Morgan fingerprint density at radius 1 is 1.21 bits per heavy atom. The Bertz CT molecular complexity index is 1240. The number of nitrogens with two attached hydrogens (primary N) is 2. The van der Waals surface area contributed by atoms with Crippen LogP contribution >= 0.6 is 0 Å². The van der Waals surface area contributed by atoms with Gasteiger partial charge in [-0.1, -0.05) is 25.5 Å². The second-order valence-electron chi connectivity index (χ2n) is 10.1. The maximum atomic E-state index is 12.8. The molecule has 0 aliphatic heterocycles. The zero-order chi connectivity index (χ0) is 28.4. The Balaban J connectivity index is 1.54. The van der Waals surface area contributed by atoms with E-state index in [9.17, 15) is 13.2 Å². The van der Waals surface area contributed by atoms with E-state index in [4.69, 9.17) is 16.3 Å². The average Bonchev–Trinajstić information content (AvgIpc) is 2.91. The standard InChI is InChI=1S/C27H41N7O4S/c1-4-5-13-39(36,37)33-23-11-9-20(10-12-23)18-34(29)32-26(28)22-14-19(2)31-25(16-22)27(35)30-17-21-7-6-8-24(15-21)38-3/h6-8,14-16,20,23,33H,4-5,9-13,17-18,29H2,1-3H3,(H2,28,32)(H,30,35)/p+1. The Labute approximate surface area is 231 Å². The fraction of sp³-hybridized carbons (Fsp3) is 0.519. The van der Waals surface area contributed by atoms with Gasteiger partial charge in [0.2, 0.25) is 10.0 Å². The number of hydrogen-bond donors (Lipinski definition) is 4. The number of methoxy groups -OCH3 is 1. The highest BCUT2D eigenvalue weighted by atomic mass is 32.2. The summed E-state index contributed by atoms with van der Waals surface area (Å²) in [4.78, 5) is 15.9. The Morgan fingerprint density at radius 3 is 2.64 bits per heavy atom. The minimum absolute atomic E-state index is 0.0278. The number of carbonyl (C=O) groups is 1. The van der Waals surface area contributed by atoms with E-state index in [0.717, 1.165) is 49.1 Å². The molecule has 0 unspecified atom stereocenters. The summed E-state index contributed by atoms with van der Waals surface area (Å²) in [5.41, 5.74) is 8.86. The van der Waals surface area contributed by atoms with Crippen LogP contribution in [0.2, 0.25) is 0 Å². The molecule has 7 N–H and O–H groups in total. The van der Waals surface area contributed by atoms with Crippen molar-refractivity contribution >= 4 is 21.8 Å². The fourth-order valence-electron chi connectivity index (χ4n) is 4.66. The van der Waals surface area contributed by atoms with Gasteiger partial charge in [-0.2, -0.15) is 0 Å². The van der Waals surface area contributed by atoms with E-state index < -0.39 is 10.0 Å². The predicted molar refractivity (Wildman–Crippen MR) is 151 cm³/mol. The molecule has 1 aromatic heterocycles. The van der Waals surface area contributed by atoms with Crippen LogP contribution in [0.5, 0.6) is 5.75 Å². The van der Waals surface area contributed by atoms with Crippen LogP contribution in [0.25, 0.3) is 0 Å². The molecule has 0 spiro atoms. The zero-order valence-corrected chi connectivity index (χ0v) is 23.9. The molecule has 1 fully saturated rings. The number of nitrogens with zero attached hydrogens (tertiary/aromatic N) is 2. The molecule has 214 valence electrons. The van der Waals surface area contributed by atoms with E-state index in [1.165, 1.54) is 5.12 Å². The Kier molecular flexibility index (Phi) is 11.1. The molecule has 1 aliphatic rings. The number of ether oxygens (including phenoxy) is 1. The molecule has 1 saturated carbocycles. The van der Waals surface area contributed by atoms with Crippen LogP contribution in [0.15, 0.2) is 41.5 Å². The summed E-state index contributed by atoms with van der Waals surface area (Å²) in [6.07, 6.45) is 4.75. The number of aromatic amines is 1. The van der Waals surface area contributed by atoms with Crippen molar-refractivity contribution in [3.05, 3.63) is 58.9 Å². The molecule has 1 aliphatic carbocycles. The number of aryl methyl sites for hydroxylation is 1. The second kappa shape index (κ2) is 14.2. The lowest BCUT2D eigenvalue weighted by atomic mass is 9.86. The first-order valence-electron chi connectivity index (χ1n) is 13.4. The minimum atomic E-state index is -3.22. The predicted octanol–water partition coefficient (Wildman–Crippen LogP) is 1.82. The molecule has 1 amide bonds. The summed E-state index contributed by atoms with van der Waals surface area (Å²) in [6, 6.07) is 10.9. The third-order valence-electron chi connectivity index (χ3n) is 6.77. The molecule has 1 aromatic carbocycles. The number of rotatable bonds is 13. The van der Waals surface area contributed by atoms with Gasteiger partial charge < -0.3 is 15.8 Å². The first kappa shape index (κ1) is 30.3. The van der Waals surface area contributed by atoms with Crippen molar-refractivity contribution in [3.8, 4) is 5.75 Å². The molecular weight excluding hydrogens is 518 g/mol. The van der Waals surface area contributed by atoms with Crippen LogP contribution in [-0.4, -0.2) is 50.7 Å². The van der Waals surface area contributed by atoms with Gasteiger partial charge in [0, 0.05) is 37.2 Å². The number of sulfonamides is 1. The van der Waals surface area contributed by atoms with Gasteiger partial charge in [-0.3, -0.25) is 4.79 Å². The number of amides is 1. The van der Waals surface area contributed by atoms with Crippen LogP contribution in [0.4, 0.5) is 0 Å². The third kappa shape index (κ3) is 9.79. The molecule has 0 saturated heterocycles. The van der Waals surface area contributed by atoms with E-state index in [0.29, 0.717) is 30.8 Å². The topological polar surface area (TPSA) is 166 Å². The number of unbranched alkanes of at least 4 members (excludes halogenated alkanes) is 1. The molecule has 0 bridgehead atoms. The lowest BCUT2D eigenvalue weighted by molar-refractivity contribution is -0.391. The molecular formula is C27H42N7O4S+. The summed E-state index contributed by atoms with van der Waals surface area (Å²) < 4.78 is 32.4. The summed E-state index contributed by atoms with van der Waals surface area (Å²) in [5, 5.41) is 8.57. The number of pyridine rings is 1. The number of amidine groups is 1. The number of H-pyrrole nitrogens is 1. The van der Waals surface area contributed by atoms with E-state index in [-0.39, 0.29) is 29.5 Å². The van der Waals surface area contributed by atoms with Gasteiger partial charge in [0.25, 0.3) is 5.69 Å². The van der Waals surface area contributed by atoms with Gasteiger partial charge in [-0.05, 0) is 55.7 Å². The normalized spacial score (nSPS) is 18.0. The number of hydrazone groups is 1. The first-order valence-corrected chi connectivity index (χ1v) is 15.1. The van der Waals surface area contributed by atoms with Crippen molar-refractivity contribution in [1.82, 2.24) is 15.2 Å². The first-order chi connectivity index (χ1) is 18.6. The fourth-order valence-corrected chi connectivity index (χ4v) is 6.19. The largest absolute Gasteiger partial charge is 0.497 e. The summed E-state index contributed by atoms with van der Waals surface area (Å²) in [5.74, 6) is 7.27. The maximum Gasteiger partial charge on any atom is 0.316 e. The van der Waals surface area contributed by atoms with Gasteiger partial charge in [-0.15, -0.1) is 5.10 Å². The SMILES string of the molecule is CCCCS(=O)(=O)NC1CCC(CN(N)/N=C(\N)c2cc(C)[nH+]c(C(=O)NCc3cccc(OC)c3)c2)CC1. The Hall–Kier alpha value is -3.22. The van der Waals surface area contributed by atoms with Crippen LogP contribution in [-0.2, 0) is 16.6 Å². The lowest BCUT2D eigenvalue weighted by Crippen LogP contribution is -2.41. The minimum Gasteiger partial charge on any atom is -0.497 e. The monoisotopic (exact) mass is 560 g/mol. The van der Waals surface area contributed by atoms with Crippen molar-refractivity contribution in [2.45, 2.75) is 65.0 Å². The molecule has 39 heavy (non-hydrogen) atoms. The number of carbonyl (C=O) groups excluding carboxylic acids is 1. The number of aromatic nitrogens is 1. The molecule has 1 heterocycles. The van der Waals surface area contributed by atoms with Crippen molar-refractivity contribution < 1.29 is 22.9 Å². The molecule has 11 nitrogen and oxygen atoms in total. The van der Waals surface area contributed by atoms with Gasteiger partial charge in [0.15, 0.2) is 11.5 Å². The summed E-state index contributed by atoms with van der Waals surface area (Å²) in [7, 11) is -1.62. The summed E-state index contributed by atoms with van der Waals surface area (Å²) in [6.45, 7) is 4.66. The van der Waals surface area contributed by atoms with Crippen LogP contribution in [0, 0.1) is 12.8 Å². The van der Waals surface area contributed by atoms with E-state index in [1.807, 2.05) is 38.1 Å². The molecule has 2 aromatic rings. The summed E-state index contributed by atoms with van der Waals surface area (Å²) >= 11 is 0. The highest BCUT2D eigenvalue weighted by Gasteiger charge is 2.25. The number of benzene rings is 1. The van der Waals surface area contributed by atoms with Crippen LogP contribution in [0.3, 0.4) is 0 Å². The number of hydrazine groups is 1. The zero-order valence-electron chi connectivity index (χ0n) is 23.1. The number of hydrogen-bond acceptors (Lipinski definition) is 7. The van der Waals surface area contributed by atoms with E-state index in [1.54, 1.807) is 19.2 Å². The van der Waals surface area contributed by atoms with Gasteiger partial charge in [0.05, 0.1) is 19.4 Å². The molecule has 12 heteroatoms. The van der Waals surface area contributed by atoms with Crippen molar-refractivity contribution in [3.63, 3.8) is 0 Å². The van der Waals surface area contributed by atoms with Crippen molar-refractivity contribution in [2.75, 3.05) is 19.4 Å². The van der Waals surface area contributed by atoms with Gasteiger partial charge in [-0.25, -0.2) is 29.1 Å². The maximum absolute atomic E-state index is 12.8.